The Bertz CT molecular complexity index is 662. The molecule has 0 radical (unpaired) electrons. The number of halogens is 1. The maximum absolute atomic E-state index is 9.59. The summed E-state index contributed by atoms with van der Waals surface area (Å²) in [5.41, 5.74) is 3.41. The van der Waals surface area contributed by atoms with Crippen molar-refractivity contribution >= 4 is 27.3 Å². The van der Waals surface area contributed by atoms with Crippen molar-refractivity contribution in [3.8, 4) is 6.07 Å². The number of nitriles is 1. The number of anilines is 2. The van der Waals surface area contributed by atoms with Crippen LogP contribution >= 0.6 is 15.9 Å². The minimum atomic E-state index is -0.493. The molecule has 0 saturated heterocycles. The van der Waals surface area contributed by atoms with Gasteiger partial charge in [0.1, 0.15) is 0 Å². The van der Waals surface area contributed by atoms with E-state index >= 15 is 0 Å². The van der Waals surface area contributed by atoms with Gasteiger partial charge in [-0.05, 0) is 58.7 Å². The van der Waals surface area contributed by atoms with Gasteiger partial charge in [-0.3, -0.25) is 0 Å². The molecule has 0 spiro atoms. The van der Waals surface area contributed by atoms with Gasteiger partial charge in [0.25, 0.3) is 0 Å². The molecule has 0 aliphatic heterocycles. The summed E-state index contributed by atoms with van der Waals surface area (Å²) in [4.78, 5) is 2.00. The fraction of sp³-hybridized carbons (Fsp3) is 0.188. The molecular formula is C16H15BrN2O. The van der Waals surface area contributed by atoms with Gasteiger partial charge in [0.05, 0.1) is 23.4 Å². The van der Waals surface area contributed by atoms with Gasteiger partial charge >= 0.3 is 0 Å². The lowest BCUT2D eigenvalue weighted by Gasteiger charge is -2.22. The summed E-state index contributed by atoms with van der Waals surface area (Å²) in [7, 11) is 1.94. The molecule has 1 atom stereocenters. The van der Waals surface area contributed by atoms with Crippen LogP contribution in [0.15, 0.2) is 46.9 Å². The number of benzene rings is 2. The molecule has 2 rings (SSSR count). The zero-order valence-electron chi connectivity index (χ0n) is 11.3. The van der Waals surface area contributed by atoms with Crippen molar-refractivity contribution in [1.29, 1.82) is 5.26 Å². The predicted octanol–water partition coefficient (Wildman–Crippen LogP) is 4.14. The highest BCUT2D eigenvalue weighted by atomic mass is 79.9. The Kier molecular flexibility index (Phi) is 4.43. The van der Waals surface area contributed by atoms with Crippen molar-refractivity contribution < 1.29 is 5.11 Å². The molecule has 1 N–H and O–H groups in total. The molecule has 0 aliphatic rings. The molecule has 3 nitrogen and oxygen atoms in total. The lowest BCUT2D eigenvalue weighted by molar-refractivity contribution is 0.199. The van der Waals surface area contributed by atoms with E-state index in [1.54, 1.807) is 13.0 Å². The van der Waals surface area contributed by atoms with E-state index in [9.17, 15) is 5.11 Å². The first-order chi connectivity index (χ1) is 9.52. The Morgan fingerprint density at radius 3 is 2.60 bits per heavy atom. The van der Waals surface area contributed by atoms with Gasteiger partial charge in [-0.15, -0.1) is 0 Å². The van der Waals surface area contributed by atoms with Crippen LogP contribution in [0.1, 0.15) is 24.2 Å². The van der Waals surface area contributed by atoms with Gasteiger partial charge in [0, 0.05) is 17.2 Å². The summed E-state index contributed by atoms with van der Waals surface area (Å²) < 4.78 is 0.903. The summed E-state index contributed by atoms with van der Waals surface area (Å²) in [6.07, 6.45) is -0.493. The second kappa shape index (κ2) is 6.08. The third-order valence-electron chi connectivity index (χ3n) is 3.18. The van der Waals surface area contributed by atoms with Gasteiger partial charge in [-0.1, -0.05) is 12.1 Å². The van der Waals surface area contributed by atoms with Crippen molar-refractivity contribution in [2.24, 2.45) is 0 Å². The average Bonchev–Trinajstić information content (AvgIpc) is 2.46. The van der Waals surface area contributed by atoms with E-state index in [2.05, 4.69) is 22.0 Å². The van der Waals surface area contributed by atoms with Crippen molar-refractivity contribution in [3.05, 3.63) is 58.1 Å². The van der Waals surface area contributed by atoms with E-state index in [1.807, 2.05) is 48.3 Å². The van der Waals surface area contributed by atoms with Crippen molar-refractivity contribution in [1.82, 2.24) is 0 Å². The Morgan fingerprint density at radius 2 is 2.00 bits per heavy atom. The Morgan fingerprint density at radius 1 is 1.25 bits per heavy atom. The van der Waals surface area contributed by atoms with Crippen molar-refractivity contribution in [2.75, 3.05) is 11.9 Å². The average molecular weight is 331 g/mol. The first-order valence-corrected chi connectivity index (χ1v) is 7.03. The molecule has 0 aromatic heterocycles. The normalized spacial score (nSPS) is 11.8. The maximum atomic E-state index is 9.59. The van der Waals surface area contributed by atoms with Crippen LogP contribution in [0.5, 0.6) is 0 Å². The summed E-state index contributed by atoms with van der Waals surface area (Å²) in [5, 5.41) is 18.6. The molecular weight excluding hydrogens is 316 g/mol. The van der Waals surface area contributed by atoms with Crippen LogP contribution in [0.25, 0.3) is 0 Å². The number of aliphatic hydroxyl groups excluding tert-OH is 1. The minimum Gasteiger partial charge on any atom is -0.389 e. The SMILES string of the molecule is C[C@H](O)c1ccc(N(C)c2cccc(C#N)c2)c(Br)c1. The van der Waals surface area contributed by atoms with E-state index in [0.29, 0.717) is 5.56 Å². The summed E-state index contributed by atoms with van der Waals surface area (Å²) in [6.45, 7) is 1.74. The molecule has 0 fully saturated rings. The first kappa shape index (κ1) is 14.6. The molecule has 2 aromatic rings. The Hall–Kier alpha value is -1.83. The molecule has 4 heteroatoms. The lowest BCUT2D eigenvalue weighted by atomic mass is 10.1. The lowest BCUT2D eigenvalue weighted by Crippen LogP contribution is -2.10. The van der Waals surface area contributed by atoms with Crippen LogP contribution in [0.3, 0.4) is 0 Å². The van der Waals surface area contributed by atoms with Crippen LogP contribution in [0.4, 0.5) is 11.4 Å². The van der Waals surface area contributed by atoms with Crippen LogP contribution in [-0.2, 0) is 0 Å². The van der Waals surface area contributed by atoms with E-state index in [0.717, 1.165) is 21.4 Å². The predicted molar refractivity (Wildman–Crippen MR) is 84.0 cm³/mol. The van der Waals surface area contributed by atoms with E-state index < -0.39 is 6.10 Å². The molecule has 20 heavy (non-hydrogen) atoms. The molecule has 0 saturated carbocycles. The second-order valence-electron chi connectivity index (χ2n) is 4.61. The quantitative estimate of drug-likeness (QED) is 0.919. The molecule has 102 valence electrons. The highest BCUT2D eigenvalue weighted by molar-refractivity contribution is 9.10. The van der Waals surface area contributed by atoms with E-state index in [1.165, 1.54) is 0 Å². The zero-order valence-corrected chi connectivity index (χ0v) is 12.9. The highest BCUT2D eigenvalue weighted by Gasteiger charge is 2.10. The number of nitrogens with zero attached hydrogens (tertiary/aromatic N) is 2. The highest BCUT2D eigenvalue weighted by Crippen LogP contribution is 2.33. The summed E-state index contributed by atoms with van der Waals surface area (Å²) >= 11 is 3.53. The molecule has 0 unspecified atom stereocenters. The van der Waals surface area contributed by atoms with Crippen LogP contribution in [0, 0.1) is 11.3 Å². The monoisotopic (exact) mass is 330 g/mol. The Labute approximate surface area is 127 Å². The Balaban J connectivity index is 2.38. The molecule has 0 amide bonds. The molecule has 0 heterocycles. The van der Waals surface area contributed by atoms with Crippen LogP contribution < -0.4 is 4.90 Å². The molecule has 0 bridgehead atoms. The zero-order chi connectivity index (χ0) is 14.7. The van der Waals surface area contributed by atoms with E-state index in [-0.39, 0.29) is 0 Å². The van der Waals surface area contributed by atoms with Gasteiger partial charge in [-0.2, -0.15) is 5.26 Å². The van der Waals surface area contributed by atoms with Gasteiger partial charge in [0.2, 0.25) is 0 Å². The first-order valence-electron chi connectivity index (χ1n) is 6.24. The van der Waals surface area contributed by atoms with Gasteiger partial charge in [-0.25, -0.2) is 0 Å². The van der Waals surface area contributed by atoms with Crippen molar-refractivity contribution in [2.45, 2.75) is 13.0 Å². The van der Waals surface area contributed by atoms with Crippen molar-refractivity contribution in [3.63, 3.8) is 0 Å². The van der Waals surface area contributed by atoms with Crippen LogP contribution in [0.2, 0.25) is 0 Å². The standard InChI is InChI=1S/C16H15BrN2O/c1-11(20)13-6-7-16(15(17)9-13)19(2)14-5-3-4-12(8-14)10-18/h3-9,11,20H,1-2H3/t11-/m0/s1. The number of rotatable bonds is 3. The number of hydrogen-bond donors (Lipinski definition) is 1. The molecule has 2 aromatic carbocycles. The van der Waals surface area contributed by atoms with Gasteiger partial charge in [0.15, 0.2) is 0 Å². The maximum Gasteiger partial charge on any atom is 0.0992 e. The molecule has 0 aliphatic carbocycles. The smallest absolute Gasteiger partial charge is 0.0992 e. The van der Waals surface area contributed by atoms with E-state index in [4.69, 9.17) is 5.26 Å². The van der Waals surface area contributed by atoms with Crippen LogP contribution in [-0.4, -0.2) is 12.2 Å². The largest absolute Gasteiger partial charge is 0.389 e. The van der Waals surface area contributed by atoms with Gasteiger partial charge < -0.3 is 10.0 Å². The third-order valence-corrected chi connectivity index (χ3v) is 3.81. The summed E-state index contributed by atoms with van der Waals surface area (Å²) in [6, 6.07) is 15.3. The second-order valence-corrected chi connectivity index (χ2v) is 5.46. The minimum absolute atomic E-state index is 0.493. The number of hydrogen-bond acceptors (Lipinski definition) is 3. The number of aliphatic hydroxyl groups is 1. The summed E-state index contributed by atoms with van der Waals surface area (Å²) in [5.74, 6) is 0. The third kappa shape index (κ3) is 3.01. The topological polar surface area (TPSA) is 47.3 Å². The fourth-order valence-corrected chi connectivity index (χ4v) is 2.64. The fourth-order valence-electron chi connectivity index (χ4n) is 1.98.